The minimum Gasteiger partial charge on any atom is -0.505 e. The Bertz CT molecular complexity index is 1210. The van der Waals surface area contributed by atoms with Gasteiger partial charge < -0.3 is 10.0 Å². The lowest BCUT2D eigenvalue weighted by Gasteiger charge is -2.16. The first kappa shape index (κ1) is 20.3. The summed E-state index contributed by atoms with van der Waals surface area (Å²) < 4.78 is 16.0. The van der Waals surface area contributed by atoms with Gasteiger partial charge in [-0.25, -0.2) is 14.1 Å². The van der Waals surface area contributed by atoms with Crippen LogP contribution in [0.15, 0.2) is 29.2 Å². The number of pyridine rings is 1. The lowest BCUT2D eigenvalue weighted by molar-refractivity contribution is 0.460. The SMILES string of the molecule is Cc1nn(C)c(=O)c(-c2c(F)ccc(Cl)c2CCc2cnc3c(c2)CCN3C)c1O. The van der Waals surface area contributed by atoms with Crippen LogP contribution in [0.25, 0.3) is 11.1 Å². The van der Waals surface area contributed by atoms with E-state index < -0.39 is 11.4 Å². The molecule has 156 valence electrons. The number of aromatic hydroxyl groups is 1. The van der Waals surface area contributed by atoms with E-state index in [4.69, 9.17) is 11.6 Å². The van der Waals surface area contributed by atoms with Gasteiger partial charge in [0, 0.05) is 37.4 Å². The van der Waals surface area contributed by atoms with Crippen LogP contribution in [0.2, 0.25) is 5.02 Å². The van der Waals surface area contributed by atoms with Crippen LogP contribution in [0.4, 0.5) is 10.2 Å². The summed E-state index contributed by atoms with van der Waals surface area (Å²) in [6.45, 7) is 2.50. The Labute approximate surface area is 178 Å². The molecular weight excluding hydrogens is 407 g/mol. The molecule has 1 N–H and O–H groups in total. The summed E-state index contributed by atoms with van der Waals surface area (Å²) in [6.07, 6.45) is 3.73. The quantitative estimate of drug-likeness (QED) is 0.689. The van der Waals surface area contributed by atoms with E-state index in [-0.39, 0.29) is 22.6 Å². The van der Waals surface area contributed by atoms with Crippen molar-refractivity contribution in [1.82, 2.24) is 14.8 Å². The molecule has 6 nitrogen and oxygen atoms in total. The number of likely N-dealkylation sites (N-methyl/N-ethyl adjacent to an activating group) is 1. The summed E-state index contributed by atoms with van der Waals surface area (Å²) in [5, 5.41) is 14.8. The fraction of sp³-hybridized carbons (Fsp3) is 0.318. The zero-order valence-electron chi connectivity index (χ0n) is 17.0. The van der Waals surface area contributed by atoms with Gasteiger partial charge in [0.2, 0.25) is 0 Å². The third kappa shape index (κ3) is 3.43. The summed E-state index contributed by atoms with van der Waals surface area (Å²) in [6, 6.07) is 4.80. The molecule has 0 saturated carbocycles. The second-order valence-corrected chi connectivity index (χ2v) is 8.03. The lowest BCUT2D eigenvalue weighted by atomic mass is 9.94. The van der Waals surface area contributed by atoms with Crippen molar-refractivity contribution in [2.24, 2.45) is 7.05 Å². The number of anilines is 1. The highest BCUT2D eigenvalue weighted by atomic mass is 35.5. The zero-order chi connectivity index (χ0) is 21.6. The maximum absolute atomic E-state index is 14.9. The van der Waals surface area contributed by atoms with E-state index in [1.165, 1.54) is 24.7 Å². The molecular formula is C22H22ClFN4O2. The van der Waals surface area contributed by atoms with Crippen LogP contribution in [0.1, 0.15) is 22.4 Å². The minimum absolute atomic E-state index is 0.0277. The van der Waals surface area contributed by atoms with Crippen molar-refractivity contribution in [3.05, 3.63) is 68.0 Å². The van der Waals surface area contributed by atoms with Crippen LogP contribution < -0.4 is 10.5 Å². The maximum atomic E-state index is 14.9. The number of aromatic nitrogens is 3. The average Bonchev–Trinajstić information content (AvgIpc) is 3.08. The number of hydrogen-bond acceptors (Lipinski definition) is 5. The van der Waals surface area contributed by atoms with E-state index in [1.807, 2.05) is 13.2 Å². The molecule has 0 saturated heterocycles. The van der Waals surface area contributed by atoms with Crippen molar-refractivity contribution < 1.29 is 9.50 Å². The number of aryl methyl sites for hydroxylation is 3. The number of halogens is 2. The van der Waals surface area contributed by atoms with Crippen molar-refractivity contribution in [3.8, 4) is 16.9 Å². The van der Waals surface area contributed by atoms with Gasteiger partial charge in [-0.3, -0.25) is 4.79 Å². The molecule has 1 aliphatic rings. The Morgan fingerprint density at radius 1 is 1.23 bits per heavy atom. The van der Waals surface area contributed by atoms with E-state index in [9.17, 15) is 14.3 Å². The largest absolute Gasteiger partial charge is 0.505 e. The zero-order valence-corrected chi connectivity index (χ0v) is 17.8. The van der Waals surface area contributed by atoms with Gasteiger partial charge in [0.15, 0.2) is 5.75 Å². The molecule has 8 heteroatoms. The highest BCUT2D eigenvalue weighted by Crippen LogP contribution is 2.36. The van der Waals surface area contributed by atoms with Gasteiger partial charge in [-0.1, -0.05) is 17.7 Å². The normalized spacial score (nSPS) is 13.0. The van der Waals surface area contributed by atoms with E-state index in [0.29, 0.717) is 23.4 Å². The molecule has 0 unspecified atom stereocenters. The summed E-state index contributed by atoms with van der Waals surface area (Å²) in [7, 11) is 3.48. The maximum Gasteiger partial charge on any atom is 0.278 e. The summed E-state index contributed by atoms with van der Waals surface area (Å²) in [5.74, 6) is 0.0489. The van der Waals surface area contributed by atoms with Crippen molar-refractivity contribution in [2.45, 2.75) is 26.2 Å². The van der Waals surface area contributed by atoms with E-state index in [0.717, 1.165) is 29.0 Å². The topological polar surface area (TPSA) is 71.2 Å². The van der Waals surface area contributed by atoms with Gasteiger partial charge in [0.05, 0.1) is 5.56 Å². The second kappa shape index (κ2) is 7.72. The highest BCUT2D eigenvalue weighted by molar-refractivity contribution is 6.31. The minimum atomic E-state index is -0.610. The van der Waals surface area contributed by atoms with Crippen LogP contribution >= 0.6 is 11.6 Å². The van der Waals surface area contributed by atoms with Crippen molar-refractivity contribution in [2.75, 3.05) is 18.5 Å². The molecule has 2 aromatic heterocycles. The molecule has 0 radical (unpaired) electrons. The molecule has 1 aliphatic heterocycles. The molecule has 0 amide bonds. The highest BCUT2D eigenvalue weighted by Gasteiger charge is 2.23. The summed E-state index contributed by atoms with van der Waals surface area (Å²) in [4.78, 5) is 19.4. The van der Waals surface area contributed by atoms with Crippen molar-refractivity contribution in [1.29, 1.82) is 0 Å². The third-order valence-corrected chi connectivity index (χ3v) is 5.94. The number of nitrogens with zero attached hydrogens (tertiary/aromatic N) is 4. The molecule has 0 aliphatic carbocycles. The van der Waals surface area contributed by atoms with Gasteiger partial charge in [-0.2, -0.15) is 5.10 Å². The third-order valence-electron chi connectivity index (χ3n) is 5.58. The van der Waals surface area contributed by atoms with E-state index in [2.05, 4.69) is 21.0 Å². The number of benzene rings is 1. The molecule has 3 aromatic rings. The predicted molar refractivity (Wildman–Crippen MR) is 115 cm³/mol. The Hall–Kier alpha value is -2.93. The monoisotopic (exact) mass is 428 g/mol. The first-order valence-electron chi connectivity index (χ1n) is 9.71. The fourth-order valence-electron chi connectivity index (χ4n) is 3.98. The van der Waals surface area contributed by atoms with Crippen LogP contribution in [0, 0.1) is 12.7 Å². The Morgan fingerprint density at radius 2 is 2.00 bits per heavy atom. The second-order valence-electron chi connectivity index (χ2n) is 7.62. The Balaban J connectivity index is 1.76. The molecule has 4 rings (SSSR count). The standard InChI is InChI=1S/C22H22ClFN4O2/c1-12-20(29)19(22(30)28(3)26-12)18-15(16(23)6-7-17(18)24)5-4-13-10-14-8-9-27(2)21(14)25-11-13/h6-7,10-11,29H,4-5,8-9H2,1-3H3. The van der Waals surface area contributed by atoms with Gasteiger partial charge in [0.1, 0.15) is 17.3 Å². The van der Waals surface area contributed by atoms with Gasteiger partial charge in [-0.05, 0) is 55.0 Å². The Morgan fingerprint density at radius 3 is 2.77 bits per heavy atom. The Kier molecular flexibility index (Phi) is 5.24. The van der Waals surface area contributed by atoms with Crippen LogP contribution in [0.5, 0.6) is 5.75 Å². The molecule has 30 heavy (non-hydrogen) atoms. The molecule has 0 atom stereocenters. The van der Waals surface area contributed by atoms with Crippen LogP contribution in [-0.4, -0.2) is 33.5 Å². The van der Waals surface area contributed by atoms with Crippen molar-refractivity contribution in [3.63, 3.8) is 0 Å². The molecule has 1 aromatic carbocycles. The molecule has 3 heterocycles. The van der Waals surface area contributed by atoms with Crippen molar-refractivity contribution >= 4 is 17.4 Å². The fourth-order valence-corrected chi connectivity index (χ4v) is 4.23. The van der Waals surface area contributed by atoms with E-state index >= 15 is 0 Å². The average molecular weight is 429 g/mol. The predicted octanol–water partition coefficient (Wildman–Crippen LogP) is 3.43. The van der Waals surface area contributed by atoms with E-state index in [1.54, 1.807) is 6.92 Å². The smallest absolute Gasteiger partial charge is 0.278 e. The lowest BCUT2D eigenvalue weighted by Crippen LogP contribution is -2.23. The summed E-state index contributed by atoms with van der Waals surface area (Å²) >= 11 is 6.42. The van der Waals surface area contributed by atoms with Gasteiger partial charge in [0.25, 0.3) is 5.56 Å². The van der Waals surface area contributed by atoms with Gasteiger partial charge in [-0.15, -0.1) is 0 Å². The number of rotatable bonds is 4. The molecule has 0 fully saturated rings. The van der Waals surface area contributed by atoms with Crippen LogP contribution in [0.3, 0.4) is 0 Å². The van der Waals surface area contributed by atoms with Crippen LogP contribution in [-0.2, 0) is 26.3 Å². The number of hydrogen-bond donors (Lipinski definition) is 1. The molecule has 0 spiro atoms. The molecule has 0 bridgehead atoms. The van der Waals surface area contributed by atoms with Gasteiger partial charge >= 0.3 is 0 Å². The first-order chi connectivity index (χ1) is 14.3. The number of fused-ring (bicyclic) bond motifs is 1. The first-order valence-corrected chi connectivity index (χ1v) is 10.1. The summed E-state index contributed by atoms with van der Waals surface area (Å²) in [5.41, 5.74) is 2.25.